The molecule has 19 heavy (non-hydrogen) atoms. The van der Waals surface area contributed by atoms with Crippen LogP contribution in [0, 0.1) is 11.8 Å². The van der Waals surface area contributed by atoms with Gasteiger partial charge < -0.3 is 10.0 Å². The van der Waals surface area contributed by atoms with E-state index in [0.717, 1.165) is 25.4 Å². The minimum atomic E-state index is -0.0923. The van der Waals surface area contributed by atoms with Crippen LogP contribution in [0.2, 0.25) is 0 Å². The molecule has 3 atom stereocenters. The highest BCUT2D eigenvalue weighted by molar-refractivity contribution is 5.55. The predicted octanol–water partition coefficient (Wildman–Crippen LogP) is 3.24. The van der Waals surface area contributed by atoms with E-state index in [1.165, 1.54) is 36.9 Å². The van der Waals surface area contributed by atoms with Crippen molar-refractivity contribution >= 4 is 5.69 Å². The van der Waals surface area contributed by atoms with Gasteiger partial charge >= 0.3 is 0 Å². The van der Waals surface area contributed by atoms with Crippen LogP contribution in [0.25, 0.3) is 0 Å². The maximum atomic E-state index is 10.2. The second-order valence-corrected chi connectivity index (χ2v) is 6.42. The SMILES string of the molecule is CC1CCC(O)C(CN2CCCc3ccccc32)C1. The van der Waals surface area contributed by atoms with Gasteiger partial charge in [-0.05, 0) is 49.7 Å². The van der Waals surface area contributed by atoms with Crippen LogP contribution in [0.4, 0.5) is 5.69 Å². The lowest BCUT2D eigenvalue weighted by Gasteiger charge is -2.38. The summed E-state index contributed by atoms with van der Waals surface area (Å²) in [6.07, 6.45) is 5.71. The Hall–Kier alpha value is -1.02. The molecule has 0 saturated heterocycles. The van der Waals surface area contributed by atoms with Gasteiger partial charge in [0.1, 0.15) is 0 Å². The number of fused-ring (bicyclic) bond motifs is 1. The van der Waals surface area contributed by atoms with E-state index in [1.807, 2.05) is 0 Å². The topological polar surface area (TPSA) is 23.5 Å². The molecule has 0 bridgehead atoms. The maximum Gasteiger partial charge on any atom is 0.0585 e. The Morgan fingerprint density at radius 1 is 1.26 bits per heavy atom. The quantitative estimate of drug-likeness (QED) is 0.881. The summed E-state index contributed by atoms with van der Waals surface area (Å²) in [7, 11) is 0. The first-order chi connectivity index (χ1) is 9.24. The molecule has 104 valence electrons. The molecule has 1 heterocycles. The minimum Gasteiger partial charge on any atom is -0.393 e. The van der Waals surface area contributed by atoms with E-state index in [4.69, 9.17) is 0 Å². The van der Waals surface area contributed by atoms with E-state index < -0.39 is 0 Å². The Bertz CT molecular complexity index is 431. The van der Waals surface area contributed by atoms with Crippen LogP contribution in [0.5, 0.6) is 0 Å². The smallest absolute Gasteiger partial charge is 0.0585 e. The van der Waals surface area contributed by atoms with Gasteiger partial charge in [-0.1, -0.05) is 25.1 Å². The van der Waals surface area contributed by atoms with Crippen LogP contribution in [-0.2, 0) is 6.42 Å². The van der Waals surface area contributed by atoms with Gasteiger partial charge in [-0.15, -0.1) is 0 Å². The lowest BCUT2D eigenvalue weighted by molar-refractivity contribution is 0.0549. The molecule has 1 aromatic rings. The van der Waals surface area contributed by atoms with Crippen molar-refractivity contribution in [1.82, 2.24) is 0 Å². The average Bonchev–Trinajstić information content (AvgIpc) is 2.43. The first-order valence-electron chi connectivity index (χ1n) is 7.75. The standard InChI is InChI=1S/C17H25NO/c1-13-8-9-17(19)15(11-13)12-18-10-4-6-14-5-2-3-7-16(14)18/h2-3,5,7,13,15,17,19H,4,6,8-12H2,1H3. The summed E-state index contributed by atoms with van der Waals surface area (Å²) in [5.74, 6) is 1.23. The monoisotopic (exact) mass is 259 g/mol. The highest BCUT2D eigenvalue weighted by atomic mass is 16.3. The molecule has 2 nitrogen and oxygen atoms in total. The van der Waals surface area contributed by atoms with Gasteiger partial charge in [0.2, 0.25) is 0 Å². The van der Waals surface area contributed by atoms with E-state index in [2.05, 4.69) is 36.1 Å². The maximum absolute atomic E-state index is 10.2. The summed E-state index contributed by atoms with van der Waals surface area (Å²) in [6.45, 7) is 4.50. The van der Waals surface area contributed by atoms with Gasteiger partial charge in [0.25, 0.3) is 0 Å². The molecule has 2 heteroatoms. The zero-order valence-corrected chi connectivity index (χ0v) is 11.9. The second-order valence-electron chi connectivity index (χ2n) is 6.42. The van der Waals surface area contributed by atoms with Gasteiger partial charge in [0.15, 0.2) is 0 Å². The molecule has 1 aliphatic heterocycles. The third-order valence-electron chi connectivity index (χ3n) is 4.87. The van der Waals surface area contributed by atoms with Gasteiger partial charge in [0.05, 0.1) is 6.10 Å². The average molecular weight is 259 g/mol. The second kappa shape index (κ2) is 5.54. The van der Waals surface area contributed by atoms with Gasteiger partial charge in [-0.25, -0.2) is 0 Å². The Balaban J connectivity index is 1.73. The molecule has 1 fully saturated rings. The number of nitrogens with zero attached hydrogens (tertiary/aromatic N) is 1. The third kappa shape index (κ3) is 2.79. The lowest BCUT2D eigenvalue weighted by atomic mass is 9.80. The lowest BCUT2D eigenvalue weighted by Crippen LogP contribution is -2.40. The number of hydrogen-bond donors (Lipinski definition) is 1. The van der Waals surface area contributed by atoms with E-state index >= 15 is 0 Å². The number of aryl methyl sites for hydroxylation is 1. The number of rotatable bonds is 2. The Labute approximate surface area is 116 Å². The first kappa shape index (κ1) is 13.0. The summed E-state index contributed by atoms with van der Waals surface area (Å²) >= 11 is 0. The minimum absolute atomic E-state index is 0.0923. The molecule has 1 N–H and O–H groups in total. The van der Waals surface area contributed by atoms with E-state index in [9.17, 15) is 5.11 Å². The molecule has 1 aliphatic carbocycles. The van der Waals surface area contributed by atoms with Crippen LogP contribution in [0.3, 0.4) is 0 Å². The van der Waals surface area contributed by atoms with Gasteiger partial charge in [-0.3, -0.25) is 0 Å². The highest BCUT2D eigenvalue weighted by Crippen LogP contribution is 2.33. The number of benzene rings is 1. The van der Waals surface area contributed by atoms with Crippen molar-refractivity contribution in [3.63, 3.8) is 0 Å². The fraction of sp³-hybridized carbons (Fsp3) is 0.647. The summed E-state index contributed by atoms with van der Waals surface area (Å²) in [4.78, 5) is 2.50. The van der Waals surface area contributed by atoms with Crippen molar-refractivity contribution in [2.45, 2.75) is 45.1 Å². The van der Waals surface area contributed by atoms with Crippen molar-refractivity contribution in [3.8, 4) is 0 Å². The van der Waals surface area contributed by atoms with Crippen LogP contribution in [0.1, 0.15) is 38.2 Å². The Morgan fingerprint density at radius 2 is 2.11 bits per heavy atom. The van der Waals surface area contributed by atoms with Gasteiger partial charge in [0, 0.05) is 24.7 Å². The number of aliphatic hydroxyl groups is 1. The van der Waals surface area contributed by atoms with Crippen molar-refractivity contribution in [2.24, 2.45) is 11.8 Å². The molecular weight excluding hydrogens is 234 g/mol. The summed E-state index contributed by atoms with van der Waals surface area (Å²) < 4.78 is 0. The van der Waals surface area contributed by atoms with Crippen LogP contribution < -0.4 is 4.90 Å². The van der Waals surface area contributed by atoms with Crippen LogP contribution >= 0.6 is 0 Å². The molecule has 2 aliphatic rings. The molecule has 0 spiro atoms. The van der Waals surface area contributed by atoms with Crippen molar-refractivity contribution < 1.29 is 5.11 Å². The predicted molar refractivity (Wildman–Crippen MR) is 79.5 cm³/mol. The van der Waals surface area contributed by atoms with Crippen LogP contribution in [0.15, 0.2) is 24.3 Å². The largest absolute Gasteiger partial charge is 0.393 e. The first-order valence-corrected chi connectivity index (χ1v) is 7.75. The number of aliphatic hydroxyl groups excluding tert-OH is 1. The fourth-order valence-electron chi connectivity index (χ4n) is 3.76. The molecule has 0 amide bonds. The Kier molecular flexibility index (Phi) is 3.79. The highest BCUT2D eigenvalue weighted by Gasteiger charge is 2.29. The number of para-hydroxylation sites is 1. The zero-order valence-electron chi connectivity index (χ0n) is 11.9. The molecule has 1 saturated carbocycles. The zero-order chi connectivity index (χ0) is 13.2. The molecule has 0 radical (unpaired) electrons. The van der Waals surface area contributed by atoms with Crippen molar-refractivity contribution in [1.29, 1.82) is 0 Å². The van der Waals surface area contributed by atoms with E-state index in [0.29, 0.717) is 5.92 Å². The van der Waals surface area contributed by atoms with Crippen LogP contribution in [-0.4, -0.2) is 24.3 Å². The normalized spacial score (nSPS) is 31.1. The molecule has 1 aromatic carbocycles. The Morgan fingerprint density at radius 3 is 3.00 bits per heavy atom. The van der Waals surface area contributed by atoms with Gasteiger partial charge in [-0.2, -0.15) is 0 Å². The molecule has 0 aromatic heterocycles. The fourth-order valence-corrected chi connectivity index (χ4v) is 3.76. The third-order valence-corrected chi connectivity index (χ3v) is 4.87. The van der Waals surface area contributed by atoms with Crippen molar-refractivity contribution in [3.05, 3.63) is 29.8 Å². The molecule has 3 unspecified atom stereocenters. The molecular formula is C17H25NO. The summed E-state index contributed by atoms with van der Waals surface area (Å²) in [5.41, 5.74) is 2.88. The number of anilines is 1. The summed E-state index contributed by atoms with van der Waals surface area (Å²) in [6, 6.07) is 8.77. The van der Waals surface area contributed by atoms with E-state index in [-0.39, 0.29) is 6.10 Å². The van der Waals surface area contributed by atoms with Crippen molar-refractivity contribution in [2.75, 3.05) is 18.0 Å². The molecule has 3 rings (SSSR count). The van der Waals surface area contributed by atoms with E-state index in [1.54, 1.807) is 0 Å². The number of hydrogen-bond acceptors (Lipinski definition) is 2. The summed E-state index contributed by atoms with van der Waals surface area (Å²) in [5, 5.41) is 10.2.